The number of benzene rings is 2. The molecule has 0 aliphatic carbocycles. The Kier molecular flexibility index (Phi) is 5.16. The van der Waals surface area contributed by atoms with Gasteiger partial charge >= 0.3 is 0 Å². The second-order valence-corrected chi connectivity index (χ2v) is 10.8. The van der Waals surface area contributed by atoms with E-state index in [0.29, 0.717) is 0 Å². The minimum absolute atomic E-state index is 0.0998. The van der Waals surface area contributed by atoms with Gasteiger partial charge in [-0.1, -0.05) is 17.7 Å². The van der Waals surface area contributed by atoms with Crippen molar-refractivity contribution in [2.75, 3.05) is 0 Å². The molecule has 1 aromatic heterocycles. The monoisotopic (exact) mass is 423 g/mol. The average Bonchev–Trinajstić information content (AvgIpc) is 3.09. The van der Waals surface area contributed by atoms with Gasteiger partial charge < -0.3 is 4.42 Å². The summed E-state index contributed by atoms with van der Waals surface area (Å²) >= 11 is 0. The molecule has 0 unspecified atom stereocenters. The molecule has 2 aromatic carbocycles. The molecule has 9 heteroatoms. The lowest BCUT2D eigenvalue weighted by molar-refractivity contribution is 0.442. The standard InChI is InChI=1S/C19H18FNO5S2/c1-12(2)27(22,23)19-18(28(24,25)16-10-4-13(3)5-11-16)21-17(26-19)14-6-8-15(20)9-7-14/h4-12H,1-3H3. The molecule has 148 valence electrons. The van der Waals surface area contributed by atoms with E-state index in [1.54, 1.807) is 19.1 Å². The molecule has 1 heterocycles. The maximum atomic E-state index is 13.2. The van der Waals surface area contributed by atoms with Gasteiger partial charge in [0.15, 0.2) is 0 Å². The van der Waals surface area contributed by atoms with Gasteiger partial charge in [0.2, 0.25) is 30.6 Å². The first-order chi connectivity index (χ1) is 13.0. The van der Waals surface area contributed by atoms with Crippen molar-refractivity contribution < 1.29 is 25.6 Å². The third kappa shape index (κ3) is 3.59. The van der Waals surface area contributed by atoms with Crippen LogP contribution in [0, 0.1) is 12.7 Å². The van der Waals surface area contributed by atoms with E-state index < -0.39 is 40.9 Å². The van der Waals surface area contributed by atoms with Crippen LogP contribution in [0.5, 0.6) is 0 Å². The van der Waals surface area contributed by atoms with Crippen molar-refractivity contribution in [3.63, 3.8) is 0 Å². The third-order valence-corrected chi connectivity index (χ3v) is 7.97. The Morgan fingerprint density at radius 2 is 1.50 bits per heavy atom. The van der Waals surface area contributed by atoms with Crippen LogP contribution in [-0.2, 0) is 19.7 Å². The van der Waals surface area contributed by atoms with Crippen molar-refractivity contribution in [2.45, 2.75) is 41.0 Å². The molecule has 0 N–H and O–H groups in total. The maximum Gasteiger partial charge on any atom is 0.258 e. The number of sulfone groups is 2. The van der Waals surface area contributed by atoms with Crippen LogP contribution in [0.15, 0.2) is 68.0 Å². The van der Waals surface area contributed by atoms with Gasteiger partial charge in [-0.15, -0.1) is 0 Å². The first-order valence-electron chi connectivity index (χ1n) is 8.36. The van der Waals surface area contributed by atoms with Gasteiger partial charge in [0.05, 0.1) is 10.1 Å². The van der Waals surface area contributed by atoms with Crippen molar-refractivity contribution in [3.8, 4) is 11.5 Å². The fourth-order valence-corrected chi connectivity index (χ4v) is 5.17. The van der Waals surface area contributed by atoms with E-state index >= 15 is 0 Å². The van der Waals surface area contributed by atoms with Crippen molar-refractivity contribution >= 4 is 19.7 Å². The summed E-state index contributed by atoms with van der Waals surface area (Å²) < 4.78 is 70.2. The number of hydrogen-bond donors (Lipinski definition) is 0. The van der Waals surface area contributed by atoms with Crippen molar-refractivity contribution in [2.24, 2.45) is 0 Å². The lowest BCUT2D eigenvalue weighted by Gasteiger charge is -2.07. The summed E-state index contributed by atoms with van der Waals surface area (Å²) in [4.78, 5) is 3.87. The van der Waals surface area contributed by atoms with Crippen molar-refractivity contribution in [1.82, 2.24) is 4.98 Å². The van der Waals surface area contributed by atoms with Crippen LogP contribution in [0.2, 0.25) is 0 Å². The first kappa shape index (κ1) is 20.2. The van der Waals surface area contributed by atoms with Crippen LogP contribution in [-0.4, -0.2) is 27.1 Å². The molecule has 0 radical (unpaired) electrons. The number of halogens is 1. The first-order valence-corrected chi connectivity index (χ1v) is 11.4. The summed E-state index contributed by atoms with van der Waals surface area (Å²) in [5.41, 5.74) is 1.10. The van der Waals surface area contributed by atoms with Crippen LogP contribution >= 0.6 is 0 Å². The SMILES string of the molecule is Cc1ccc(S(=O)(=O)c2nc(-c3ccc(F)cc3)oc2S(=O)(=O)C(C)C)cc1. The number of oxazole rings is 1. The molecule has 0 bridgehead atoms. The lowest BCUT2D eigenvalue weighted by atomic mass is 10.2. The van der Waals surface area contributed by atoms with Crippen molar-refractivity contribution in [3.05, 3.63) is 59.9 Å². The molecular weight excluding hydrogens is 405 g/mol. The van der Waals surface area contributed by atoms with E-state index in [1.165, 1.54) is 38.1 Å². The molecule has 0 aliphatic rings. The number of rotatable bonds is 5. The number of hydrogen-bond acceptors (Lipinski definition) is 6. The Bertz CT molecular complexity index is 1210. The normalized spacial score (nSPS) is 12.5. The Balaban J connectivity index is 2.27. The van der Waals surface area contributed by atoms with E-state index in [2.05, 4.69) is 4.98 Å². The quantitative estimate of drug-likeness (QED) is 0.619. The lowest BCUT2D eigenvalue weighted by Crippen LogP contribution is -2.17. The molecule has 0 aliphatic heterocycles. The molecule has 0 spiro atoms. The van der Waals surface area contributed by atoms with Crippen molar-refractivity contribution in [1.29, 1.82) is 0 Å². The highest BCUT2D eigenvalue weighted by Crippen LogP contribution is 2.33. The predicted octanol–water partition coefficient (Wildman–Crippen LogP) is 3.80. The van der Waals surface area contributed by atoms with E-state index in [9.17, 15) is 21.2 Å². The number of aryl methyl sites for hydroxylation is 1. The summed E-state index contributed by atoms with van der Waals surface area (Å²) in [6.07, 6.45) is 0. The summed E-state index contributed by atoms with van der Waals surface area (Å²) in [6.45, 7) is 4.63. The molecule has 3 rings (SSSR count). The minimum atomic E-state index is -4.26. The van der Waals surface area contributed by atoms with Gasteiger partial charge in [0, 0.05) is 5.56 Å². The highest BCUT2D eigenvalue weighted by atomic mass is 32.2. The van der Waals surface area contributed by atoms with E-state index in [0.717, 1.165) is 17.7 Å². The average molecular weight is 423 g/mol. The minimum Gasteiger partial charge on any atom is -0.423 e. The molecule has 3 aromatic rings. The highest BCUT2D eigenvalue weighted by Gasteiger charge is 2.36. The summed E-state index contributed by atoms with van der Waals surface area (Å²) in [6, 6.07) is 10.9. The molecular formula is C19H18FNO5S2. The fourth-order valence-electron chi connectivity index (χ4n) is 2.40. The second kappa shape index (κ2) is 7.14. The van der Waals surface area contributed by atoms with Gasteiger partial charge in [0.1, 0.15) is 5.82 Å². The molecule has 6 nitrogen and oxygen atoms in total. The highest BCUT2D eigenvalue weighted by molar-refractivity contribution is 7.94. The molecule has 0 fully saturated rings. The van der Waals surface area contributed by atoms with Gasteiger partial charge in [-0.3, -0.25) is 0 Å². The summed E-state index contributed by atoms with van der Waals surface area (Å²) in [5, 5.41) is -2.32. The zero-order valence-electron chi connectivity index (χ0n) is 15.4. The topological polar surface area (TPSA) is 94.3 Å². The zero-order chi connectivity index (χ0) is 20.7. The van der Waals surface area contributed by atoms with E-state index in [-0.39, 0.29) is 16.3 Å². The summed E-state index contributed by atoms with van der Waals surface area (Å²) in [5.74, 6) is -0.720. The Morgan fingerprint density at radius 3 is 2.04 bits per heavy atom. The molecule has 0 saturated carbocycles. The number of aromatic nitrogens is 1. The van der Waals surface area contributed by atoms with Crippen LogP contribution in [0.1, 0.15) is 19.4 Å². The largest absolute Gasteiger partial charge is 0.423 e. The predicted molar refractivity (Wildman–Crippen MR) is 101 cm³/mol. The molecule has 0 amide bonds. The van der Waals surface area contributed by atoms with Gasteiger partial charge in [-0.25, -0.2) is 21.2 Å². The smallest absolute Gasteiger partial charge is 0.258 e. The Morgan fingerprint density at radius 1 is 0.929 bits per heavy atom. The zero-order valence-corrected chi connectivity index (χ0v) is 17.0. The fraction of sp³-hybridized carbons (Fsp3) is 0.211. The maximum absolute atomic E-state index is 13.2. The van der Waals surface area contributed by atoms with Gasteiger partial charge in [-0.2, -0.15) is 4.98 Å². The number of nitrogens with zero attached hydrogens (tertiary/aromatic N) is 1. The second-order valence-electron chi connectivity index (χ2n) is 6.53. The van der Waals surface area contributed by atoms with Crippen LogP contribution in [0.3, 0.4) is 0 Å². The van der Waals surface area contributed by atoms with Gasteiger partial charge in [-0.05, 0) is 57.2 Å². The molecule has 28 heavy (non-hydrogen) atoms. The Labute approximate surface area is 162 Å². The molecule has 0 saturated heterocycles. The summed E-state index contributed by atoms with van der Waals surface area (Å²) in [7, 11) is -8.34. The van der Waals surface area contributed by atoms with Crippen LogP contribution in [0.25, 0.3) is 11.5 Å². The van der Waals surface area contributed by atoms with Crippen LogP contribution in [0.4, 0.5) is 4.39 Å². The van der Waals surface area contributed by atoms with E-state index in [4.69, 9.17) is 4.42 Å². The Hall–Kier alpha value is -2.52. The van der Waals surface area contributed by atoms with Crippen LogP contribution < -0.4 is 0 Å². The molecule has 0 atom stereocenters. The third-order valence-electron chi connectivity index (χ3n) is 4.12. The van der Waals surface area contributed by atoms with E-state index in [1.807, 2.05) is 0 Å². The van der Waals surface area contributed by atoms with Gasteiger partial charge in [0.25, 0.3) is 5.09 Å².